The standard InChI is InChI=1S/C13H16N4O2S/c1-8-2-10(18)15-12(14-8)20-13-5-16-3-9(11(13)19)4-17(6-13)7-16/h2,9H,3-7H2,1H3,(H,14,15,18). The minimum atomic E-state index is -0.455. The third-order valence-electron chi connectivity index (χ3n) is 4.28. The van der Waals surface area contributed by atoms with Crippen LogP contribution in [0.1, 0.15) is 5.69 Å². The van der Waals surface area contributed by atoms with Crippen molar-refractivity contribution < 1.29 is 4.79 Å². The van der Waals surface area contributed by atoms with Crippen LogP contribution in [0.25, 0.3) is 0 Å². The van der Waals surface area contributed by atoms with Gasteiger partial charge in [0.05, 0.1) is 6.67 Å². The minimum absolute atomic E-state index is 0.121. The molecular formula is C13H16N4O2S. The molecule has 0 radical (unpaired) electrons. The van der Waals surface area contributed by atoms with Crippen LogP contribution < -0.4 is 5.56 Å². The number of ketones is 1. The summed E-state index contributed by atoms with van der Waals surface area (Å²) in [5.74, 6) is 0.453. The van der Waals surface area contributed by atoms with Crippen LogP contribution in [0.15, 0.2) is 16.0 Å². The lowest BCUT2D eigenvalue weighted by Crippen LogP contribution is -2.73. The van der Waals surface area contributed by atoms with Crippen molar-refractivity contribution in [2.24, 2.45) is 5.92 Å². The highest BCUT2D eigenvalue weighted by Crippen LogP contribution is 2.44. The van der Waals surface area contributed by atoms with E-state index in [1.165, 1.54) is 17.8 Å². The van der Waals surface area contributed by atoms with Crippen LogP contribution >= 0.6 is 11.8 Å². The Bertz CT molecular complexity index is 630. The van der Waals surface area contributed by atoms with Crippen LogP contribution in [0.4, 0.5) is 0 Å². The van der Waals surface area contributed by atoms with Gasteiger partial charge in [0.15, 0.2) is 10.9 Å². The number of aromatic nitrogens is 2. The lowest BCUT2D eigenvalue weighted by Gasteiger charge is -2.57. The van der Waals surface area contributed by atoms with E-state index in [4.69, 9.17) is 0 Å². The van der Waals surface area contributed by atoms with Gasteiger partial charge in [-0.3, -0.25) is 19.4 Å². The number of carbonyl (C=O) groups is 1. The van der Waals surface area contributed by atoms with Gasteiger partial charge in [0.2, 0.25) is 0 Å². The molecule has 5 heterocycles. The molecule has 20 heavy (non-hydrogen) atoms. The molecule has 106 valence electrons. The maximum absolute atomic E-state index is 12.7. The van der Waals surface area contributed by atoms with E-state index in [0.29, 0.717) is 16.6 Å². The number of nitrogens with one attached hydrogen (secondary N) is 1. The molecule has 0 amide bonds. The fraction of sp³-hybridized carbons (Fsp3) is 0.615. The Morgan fingerprint density at radius 3 is 2.70 bits per heavy atom. The van der Waals surface area contributed by atoms with Crippen LogP contribution in [0.2, 0.25) is 0 Å². The van der Waals surface area contributed by atoms with E-state index >= 15 is 0 Å². The normalized spacial score (nSPS) is 38.5. The highest BCUT2D eigenvalue weighted by molar-refractivity contribution is 8.01. The minimum Gasteiger partial charge on any atom is -0.301 e. The molecule has 1 N–H and O–H groups in total. The summed E-state index contributed by atoms with van der Waals surface area (Å²) in [6.07, 6.45) is 0. The lowest BCUT2D eigenvalue weighted by atomic mass is 9.80. The molecule has 5 rings (SSSR count). The number of carbonyl (C=O) groups excluding carboxylic acids is 1. The number of hydrogen-bond donors (Lipinski definition) is 1. The quantitative estimate of drug-likeness (QED) is 0.755. The largest absolute Gasteiger partial charge is 0.301 e. The average molecular weight is 292 g/mol. The van der Waals surface area contributed by atoms with E-state index in [-0.39, 0.29) is 11.5 Å². The number of aryl methyl sites for hydroxylation is 1. The fourth-order valence-corrected chi connectivity index (χ4v) is 5.15. The van der Waals surface area contributed by atoms with Crippen LogP contribution in [-0.2, 0) is 4.79 Å². The summed E-state index contributed by atoms with van der Waals surface area (Å²) in [5.41, 5.74) is 0.534. The number of aromatic amines is 1. The number of Topliss-reactive ketones (excluding diaryl/α,β-unsaturated/α-hetero) is 1. The summed E-state index contributed by atoms with van der Waals surface area (Å²) in [6, 6.07) is 1.47. The second-order valence-electron chi connectivity index (χ2n) is 6.01. The molecule has 4 fully saturated rings. The van der Waals surface area contributed by atoms with Crippen LogP contribution in [0.3, 0.4) is 0 Å². The van der Waals surface area contributed by atoms with Crippen LogP contribution in [0, 0.1) is 12.8 Å². The zero-order valence-electron chi connectivity index (χ0n) is 11.3. The van der Waals surface area contributed by atoms with Crippen molar-refractivity contribution in [3.05, 3.63) is 22.1 Å². The van der Waals surface area contributed by atoms with Crippen molar-refractivity contribution in [2.75, 3.05) is 32.8 Å². The fourth-order valence-electron chi connectivity index (χ4n) is 3.67. The van der Waals surface area contributed by atoms with Crippen LogP contribution in [0.5, 0.6) is 0 Å². The van der Waals surface area contributed by atoms with Crippen molar-refractivity contribution in [3.8, 4) is 0 Å². The number of hydrogen-bond acceptors (Lipinski definition) is 6. The van der Waals surface area contributed by atoms with E-state index in [2.05, 4.69) is 19.8 Å². The summed E-state index contributed by atoms with van der Waals surface area (Å²) in [5, 5.41) is 0.563. The smallest absolute Gasteiger partial charge is 0.251 e. The predicted molar refractivity (Wildman–Crippen MR) is 74.7 cm³/mol. The first kappa shape index (κ1) is 12.6. The van der Waals surface area contributed by atoms with Crippen molar-refractivity contribution in [1.82, 2.24) is 19.8 Å². The molecule has 6 nitrogen and oxygen atoms in total. The average Bonchev–Trinajstić information content (AvgIpc) is 2.33. The molecule has 1 aromatic heterocycles. The summed E-state index contributed by atoms with van der Waals surface area (Å²) in [7, 11) is 0. The molecule has 7 heteroatoms. The number of thioether (sulfide) groups is 1. The zero-order valence-corrected chi connectivity index (χ0v) is 12.1. The highest BCUT2D eigenvalue weighted by Gasteiger charge is 2.56. The Labute approximate surface area is 120 Å². The van der Waals surface area contributed by atoms with E-state index in [0.717, 1.165) is 32.8 Å². The second kappa shape index (κ2) is 4.16. The van der Waals surface area contributed by atoms with Gasteiger partial charge in [-0.15, -0.1) is 0 Å². The Morgan fingerprint density at radius 2 is 2.05 bits per heavy atom. The molecule has 4 aliphatic heterocycles. The highest BCUT2D eigenvalue weighted by atomic mass is 32.2. The number of nitrogens with zero attached hydrogens (tertiary/aromatic N) is 3. The predicted octanol–water partition coefficient (Wildman–Crippen LogP) is -0.303. The maximum atomic E-state index is 12.7. The first-order valence-electron chi connectivity index (χ1n) is 6.80. The van der Waals surface area contributed by atoms with Crippen molar-refractivity contribution in [1.29, 1.82) is 0 Å². The van der Waals surface area contributed by atoms with Crippen molar-refractivity contribution >= 4 is 17.5 Å². The summed E-state index contributed by atoms with van der Waals surface area (Å²) in [6.45, 7) is 6.06. The second-order valence-corrected chi connectivity index (χ2v) is 7.39. The molecular weight excluding hydrogens is 276 g/mol. The molecule has 0 aliphatic carbocycles. The van der Waals surface area contributed by atoms with Gasteiger partial charge >= 0.3 is 0 Å². The molecule has 4 bridgehead atoms. The van der Waals surface area contributed by atoms with Crippen LogP contribution in [-0.4, -0.2) is 63.1 Å². The van der Waals surface area contributed by atoms with E-state index in [9.17, 15) is 9.59 Å². The molecule has 0 aromatic carbocycles. The van der Waals surface area contributed by atoms with E-state index in [1.807, 2.05) is 0 Å². The number of piperidine rings is 2. The Hall–Kier alpha value is -1.18. The van der Waals surface area contributed by atoms with Crippen molar-refractivity contribution in [3.63, 3.8) is 0 Å². The Balaban J connectivity index is 1.70. The van der Waals surface area contributed by atoms with Crippen molar-refractivity contribution in [2.45, 2.75) is 16.8 Å². The van der Waals surface area contributed by atoms with Gasteiger partial charge in [0, 0.05) is 43.9 Å². The van der Waals surface area contributed by atoms with E-state index < -0.39 is 4.75 Å². The maximum Gasteiger partial charge on any atom is 0.251 e. The Kier molecular flexibility index (Phi) is 2.61. The molecule has 0 spiro atoms. The third kappa shape index (κ3) is 1.84. The van der Waals surface area contributed by atoms with Gasteiger partial charge in [0.1, 0.15) is 4.75 Å². The Morgan fingerprint density at radius 1 is 1.35 bits per heavy atom. The monoisotopic (exact) mass is 292 g/mol. The number of H-pyrrole nitrogens is 1. The summed E-state index contributed by atoms with van der Waals surface area (Å²) < 4.78 is -0.455. The molecule has 1 aromatic rings. The molecule has 2 unspecified atom stereocenters. The lowest BCUT2D eigenvalue weighted by molar-refractivity contribution is -0.144. The first-order valence-corrected chi connectivity index (χ1v) is 7.62. The number of rotatable bonds is 2. The third-order valence-corrected chi connectivity index (χ3v) is 5.51. The molecule has 4 saturated heterocycles. The summed E-state index contributed by atoms with van der Waals surface area (Å²) >= 11 is 1.44. The van der Waals surface area contributed by atoms with Gasteiger partial charge in [-0.05, 0) is 6.92 Å². The van der Waals surface area contributed by atoms with Gasteiger partial charge in [-0.25, -0.2) is 4.98 Å². The summed E-state index contributed by atoms with van der Waals surface area (Å²) in [4.78, 5) is 36.0. The van der Waals surface area contributed by atoms with E-state index in [1.54, 1.807) is 6.92 Å². The first-order chi connectivity index (χ1) is 9.54. The van der Waals surface area contributed by atoms with Gasteiger partial charge < -0.3 is 4.98 Å². The molecule has 4 aliphatic rings. The SMILES string of the molecule is Cc1cc(=O)[nH]c(SC23CN4CC(CN(C4)C2)C3=O)n1. The molecule has 2 atom stereocenters. The van der Waals surface area contributed by atoms with Gasteiger partial charge in [0.25, 0.3) is 5.56 Å². The van der Waals surface area contributed by atoms with Gasteiger partial charge in [-0.1, -0.05) is 11.8 Å². The van der Waals surface area contributed by atoms with Gasteiger partial charge in [-0.2, -0.15) is 0 Å². The molecule has 0 saturated carbocycles. The topological polar surface area (TPSA) is 69.3 Å². The zero-order chi connectivity index (χ0) is 13.9.